The van der Waals surface area contributed by atoms with Crippen LogP contribution in [0.3, 0.4) is 0 Å². The van der Waals surface area contributed by atoms with E-state index >= 15 is 0 Å². The van der Waals surface area contributed by atoms with Crippen molar-refractivity contribution in [2.75, 3.05) is 26.9 Å². The Labute approximate surface area is 240 Å². The fourth-order valence-corrected chi connectivity index (χ4v) is 5.97. The first-order chi connectivity index (χ1) is 20.0. The molecule has 0 saturated carbocycles. The Hall–Kier alpha value is -3.95. The Morgan fingerprint density at radius 2 is 2.07 bits per heavy atom. The number of pyridine rings is 1. The highest BCUT2D eigenvalue weighted by atomic mass is 16.5. The highest BCUT2D eigenvalue weighted by Gasteiger charge is 2.30. The van der Waals surface area contributed by atoms with E-state index < -0.39 is 5.97 Å². The van der Waals surface area contributed by atoms with Gasteiger partial charge in [-0.15, -0.1) is 0 Å². The first-order valence-electron chi connectivity index (χ1n) is 14.3. The van der Waals surface area contributed by atoms with Crippen LogP contribution in [0.25, 0.3) is 11.4 Å². The molecule has 0 atom stereocenters. The van der Waals surface area contributed by atoms with Crippen LogP contribution in [0.15, 0.2) is 53.9 Å². The Balaban J connectivity index is 1.24. The number of hydrogen-bond donors (Lipinski definition) is 1. The molecule has 1 aromatic carbocycles. The molecule has 1 saturated heterocycles. The third kappa shape index (κ3) is 5.27. The van der Waals surface area contributed by atoms with Crippen molar-refractivity contribution in [3.63, 3.8) is 0 Å². The van der Waals surface area contributed by atoms with Gasteiger partial charge in [-0.25, -0.2) is 9.78 Å². The second-order valence-electron chi connectivity index (χ2n) is 10.9. The molecule has 0 amide bonds. The first kappa shape index (κ1) is 27.2. The van der Waals surface area contributed by atoms with Gasteiger partial charge in [0.05, 0.1) is 38.3 Å². The molecule has 4 heterocycles. The standard InChI is InChI=1S/C32H36N4O5/c1-4-22-13-21(14-23-11-12-35(16-27(22)23)24-18-40-19-24)17-41-30-20(2)7-5-8-25(30)28-9-6-10-29(34-28)36-31(39-3)26(15-33-36)32(37)38/h6,8-10,13-15,24H,4-5,7,11-12,16-19H2,1-3H3,(H,37,38). The van der Waals surface area contributed by atoms with E-state index in [9.17, 15) is 9.90 Å². The maximum Gasteiger partial charge on any atom is 0.342 e. The highest BCUT2D eigenvalue weighted by molar-refractivity contribution is 5.90. The molecule has 0 spiro atoms. The van der Waals surface area contributed by atoms with Gasteiger partial charge in [0.15, 0.2) is 5.82 Å². The zero-order valence-electron chi connectivity index (χ0n) is 23.9. The SMILES string of the molecule is CCc1cc(COC2=C(C)CCC=C2c2cccc(-n3ncc(C(=O)O)c3OC)n2)cc2c1CN(C1COC1)CC2. The molecule has 2 aliphatic heterocycles. The summed E-state index contributed by atoms with van der Waals surface area (Å²) in [6.07, 6.45) is 7.32. The molecule has 9 heteroatoms. The lowest BCUT2D eigenvalue weighted by Gasteiger charge is -2.40. The van der Waals surface area contributed by atoms with Crippen LogP contribution in [0.2, 0.25) is 0 Å². The molecule has 1 fully saturated rings. The normalized spacial score (nSPS) is 17.6. The van der Waals surface area contributed by atoms with Crippen LogP contribution < -0.4 is 4.74 Å². The van der Waals surface area contributed by atoms with Crippen molar-refractivity contribution in [1.82, 2.24) is 19.7 Å². The maximum atomic E-state index is 11.6. The average Bonchev–Trinajstić information content (AvgIpc) is 3.40. The minimum absolute atomic E-state index is 0.0161. The number of hydrogen-bond acceptors (Lipinski definition) is 7. The average molecular weight is 557 g/mol. The van der Waals surface area contributed by atoms with E-state index in [1.807, 2.05) is 12.1 Å². The minimum Gasteiger partial charge on any atom is -0.488 e. The molecule has 1 aliphatic carbocycles. The molecule has 0 bridgehead atoms. The van der Waals surface area contributed by atoms with E-state index in [4.69, 9.17) is 19.2 Å². The number of aryl methyl sites for hydroxylation is 1. The van der Waals surface area contributed by atoms with Crippen LogP contribution in [0, 0.1) is 0 Å². The number of fused-ring (bicyclic) bond motifs is 1. The van der Waals surface area contributed by atoms with Crippen molar-refractivity contribution in [2.45, 2.75) is 58.7 Å². The van der Waals surface area contributed by atoms with E-state index in [1.165, 1.54) is 45.8 Å². The molecule has 1 N–H and O–H groups in total. The summed E-state index contributed by atoms with van der Waals surface area (Å²) in [7, 11) is 1.43. The largest absolute Gasteiger partial charge is 0.488 e. The van der Waals surface area contributed by atoms with E-state index in [0.717, 1.165) is 69.0 Å². The number of nitrogens with zero attached hydrogens (tertiary/aromatic N) is 4. The molecule has 0 unspecified atom stereocenters. The van der Waals surface area contributed by atoms with E-state index in [2.05, 4.69) is 42.1 Å². The Morgan fingerprint density at radius 1 is 1.22 bits per heavy atom. The molecule has 6 rings (SSSR count). The van der Waals surface area contributed by atoms with Crippen LogP contribution in [0.1, 0.15) is 65.0 Å². The number of benzene rings is 1. The maximum absolute atomic E-state index is 11.6. The van der Waals surface area contributed by atoms with Gasteiger partial charge in [0.2, 0.25) is 5.88 Å². The van der Waals surface area contributed by atoms with Gasteiger partial charge in [-0.1, -0.05) is 31.2 Å². The van der Waals surface area contributed by atoms with Crippen molar-refractivity contribution in [2.24, 2.45) is 0 Å². The van der Waals surface area contributed by atoms with Gasteiger partial charge in [-0.2, -0.15) is 9.78 Å². The van der Waals surface area contributed by atoms with Gasteiger partial charge >= 0.3 is 5.97 Å². The van der Waals surface area contributed by atoms with Gasteiger partial charge in [0, 0.05) is 18.7 Å². The van der Waals surface area contributed by atoms with Crippen LogP contribution in [-0.4, -0.2) is 63.7 Å². The molecule has 9 nitrogen and oxygen atoms in total. The van der Waals surface area contributed by atoms with Gasteiger partial charge in [0.1, 0.15) is 17.9 Å². The molecule has 3 aromatic rings. The zero-order valence-corrected chi connectivity index (χ0v) is 23.9. The summed E-state index contributed by atoms with van der Waals surface area (Å²) >= 11 is 0. The van der Waals surface area contributed by atoms with Crippen molar-refractivity contribution >= 4 is 11.5 Å². The second-order valence-corrected chi connectivity index (χ2v) is 10.9. The Kier molecular flexibility index (Phi) is 7.64. The number of aromatic nitrogens is 3. The lowest BCUT2D eigenvalue weighted by atomic mass is 9.90. The van der Waals surface area contributed by atoms with Crippen LogP contribution >= 0.6 is 0 Å². The Bertz CT molecular complexity index is 1520. The number of carboxylic acid groups (broad SMARTS) is 1. The number of carboxylic acids is 1. The number of ether oxygens (including phenoxy) is 3. The van der Waals surface area contributed by atoms with Gasteiger partial charge in [-0.05, 0) is 72.6 Å². The molecule has 214 valence electrons. The third-order valence-corrected chi connectivity index (χ3v) is 8.30. The molecule has 0 radical (unpaired) electrons. The Morgan fingerprint density at radius 3 is 2.80 bits per heavy atom. The summed E-state index contributed by atoms with van der Waals surface area (Å²) in [6.45, 7) is 8.61. The smallest absolute Gasteiger partial charge is 0.342 e. The number of aromatic carboxylic acids is 1. The first-order valence-corrected chi connectivity index (χ1v) is 14.3. The number of methoxy groups -OCH3 is 1. The number of allylic oxidation sites excluding steroid dienone is 3. The summed E-state index contributed by atoms with van der Waals surface area (Å²) in [5.41, 5.74) is 8.36. The third-order valence-electron chi connectivity index (χ3n) is 8.30. The van der Waals surface area contributed by atoms with Gasteiger partial charge < -0.3 is 19.3 Å². The summed E-state index contributed by atoms with van der Waals surface area (Å²) < 4.78 is 18.8. The highest BCUT2D eigenvalue weighted by Crippen LogP contribution is 2.35. The van der Waals surface area contributed by atoms with Crippen LogP contribution in [0.4, 0.5) is 0 Å². The summed E-state index contributed by atoms with van der Waals surface area (Å²) in [5.74, 6) is 0.352. The number of rotatable bonds is 9. The van der Waals surface area contributed by atoms with Gasteiger partial charge in [0.25, 0.3) is 0 Å². The fourth-order valence-electron chi connectivity index (χ4n) is 5.97. The lowest BCUT2D eigenvalue weighted by Crippen LogP contribution is -2.50. The molecule has 3 aliphatic rings. The second kappa shape index (κ2) is 11.5. The quantitative estimate of drug-likeness (QED) is 0.395. The van der Waals surface area contributed by atoms with Crippen molar-refractivity contribution in [3.8, 4) is 11.7 Å². The van der Waals surface area contributed by atoms with Crippen LogP contribution in [-0.2, 0) is 35.5 Å². The summed E-state index contributed by atoms with van der Waals surface area (Å²) in [5, 5.41) is 13.7. The molecular weight excluding hydrogens is 520 g/mol. The predicted octanol–water partition coefficient (Wildman–Crippen LogP) is 4.96. The lowest BCUT2D eigenvalue weighted by molar-refractivity contribution is -0.0695. The molecule has 2 aromatic heterocycles. The summed E-state index contributed by atoms with van der Waals surface area (Å²) in [4.78, 5) is 19.0. The molecule has 41 heavy (non-hydrogen) atoms. The molecular formula is C32H36N4O5. The fraction of sp³-hybridized carbons (Fsp3) is 0.406. The number of carbonyl (C=O) groups is 1. The zero-order chi connectivity index (χ0) is 28.5. The van der Waals surface area contributed by atoms with Gasteiger partial charge in [-0.3, -0.25) is 4.90 Å². The minimum atomic E-state index is -1.10. The predicted molar refractivity (Wildman–Crippen MR) is 154 cm³/mol. The van der Waals surface area contributed by atoms with E-state index in [-0.39, 0.29) is 11.4 Å². The monoisotopic (exact) mass is 556 g/mol. The van der Waals surface area contributed by atoms with E-state index in [0.29, 0.717) is 18.5 Å². The van der Waals surface area contributed by atoms with Crippen molar-refractivity contribution < 1.29 is 24.1 Å². The van der Waals surface area contributed by atoms with Crippen molar-refractivity contribution in [1.29, 1.82) is 0 Å². The summed E-state index contributed by atoms with van der Waals surface area (Å²) in [6, 6.07) is 10.8. The van der Waals surface area contributed by atoms with Crippen molar-refractivity contribution in [3.05, 3.63) is 87.4 Å². The topological polar surface area (TPSA) is 98.9 Å². The van der Waals surface area contributed by atoms with E-state index in [1.54, 1.807) is 6.07 Å². The van der Waals surface area contributed by atoms with Crippen LogP contribution in [0.5, 0.6) is 5.88 Å².